The second kappa shape index (κ2) is 7.33. The van der Waals surface area contributed by atoms with Gasteiger partial charge in [-0.1, -0.05) is 6.07 Å². The summed E-state index contributed by atoms with van der Waals surface area (Å²) in [6.45, 7) is 6.09. The van der Waals surface area contributed by atoms with Crippen LogP contribution in [0.2, 0.25) is 0 Å². The predicted octanol–water partition coefficient (Wildman–Crippen LogP) is 1.65. The molecular weight excluding hydrogens is 266 g/mol. The average Bonchev–Trinajstić information content (AvgIpc) is 2.55. The fraction of sp³-hybridized carbons (Fsp3) is 0.333. The molecular formula is C15H19N5O. The van der Waals surface area contributed by atoms with E-state index >= 15 is 0 Å². The van der Waals surface area contributed by atoms with Crippen molar-refractivity contribution >= 4 is 11.9 Å². The van der Waals surface area contributed by atoms with Gasteiger partial charge in [-0.05, 0) is 31.5 Å². The zero-order chi connectivity index (χ0) is 15.1. The van der Waals surface area contributed by atoms with Crippen LogP contribution < -0.4 is 10.2 Å². The van der Waals surface area contributed by atoms with E-state index in [2.05, 4.69) is 20.3 Å². The van der Waals surface area contributed by atoms with E-state index in [1.54, 1.807) is 24.7 Å². The highest BCUT2D eigenvalue weighted by Gasteiger charge is 2.11. The summed E-state index contributed by atoms with van der Waals surface area (Å²) in [5, 5.41) is 2.83. The quantitative estimate of drug-likeness (QED) is 0.873. The Morgan fingerprint density at radius 3 is 2.71 bits per heavy atom. The van der Waals surface area contributed by atoms with Gasteiger partial charge < -0.3 is 10.2 Å². The number of anilines is 1. The van der Waals surface area contributed by atoms with Gasteiger partial charge in [0.25, 0.3) is 5.91 Å². The number of rotatable bonds is 6. The molecule has 1 N–H and O–H groups in total. The van der Waals surface area contributed by atoms with Crippen molar-refractivity contribution in [3.05, 3.63) is 48.0 Å². The van der Waals surface area contributed by atoms with E-state index < -0.39 is 0 Å². The lowest BCUT2D eigenvalue weighted by atomic mass is 10.3. The normalized spacial score (nSPS) is 10.2. The van der Waals surface area contributed by atoms with Gasteiger partial charge in [-0.15, -0.1) is 0 Å². The summed E-state index contributed by atoms with van der Waals surface area (Å²) in [6.07, 6.45) is 5.04. The number of hydrogen-bond donors (Lipinski definition) is 1. The number of nitrogens with zero attached hydrogens (tertiary/aromatic N) is 4. The molecule has 0 aliphatic carbocycles. The molecule has 21 heavy (non-hydrogen) atoms. The van der Waals surface area contributed by atoms with Gasteiger partial charge in [0.15, 0.2) is 0 Å². The van der Waals surface area contributed by atoms with Gasteiger partial charge in [0.2, 0.25) is 5.95 Å². The summed E-state index contributed by atoms with van der Waals surface area (Å²) in [7, 11) is 0. The van der Waals surface area contributed by atoms with Crippen LogP contribution in [-0.4, -0.2) is 33.9 Å². The molecule has 0 saturated carbocycles. The van der Waals surface area contributed by atoms with E-state index in [-0.39, 0.29) is 5.91 Å². The number of carbonyl (C=O) groups is 1. The average molecular weight is 285 g/mol. The SMILES string of the molecule is CCN(CC)c1nccc(C(=O)NCc2cccnc2)n1. The number of carbonyl (C=O) groups excluding carboxylic acids is 1. The molecule has 0 bridgehead atoms. The standard InChI is InChI=1S/C15H19N5O/c1-3-20(4-2)15-17-9-7-13(19-15)14(21)18-11-12-6-5-8-16-10-12/h5-10H,3-4,11H2,1-2H3,(H,18,21). The number of amides is 1. The second-order valence-electron chi connectivity index (χ2n) is 4.46. The summed E-state index contributed by atoms with van der Waals surface area (Å²) in [6, 6.07) is 5.37. The Hall–Kier alpha value is -2.50. The van der Waals surface area contributed by atoms with Gasteiger partial charge in [-0.25, -0.2) is 9.97 Å². The molecule has 0 aliphatic heterocycles. The molecule has 2 aromatic rings. The Labute approximate surface area is 124 Å². The molecule has 2 aromatic heterocycles. The molecule has 1 amide bonds. The number of nitrogens with one attached hydrogen (secondary N) is 1. The molecule has 2 heterocycles. The van der Waals surface area contributed by atoms with Crippen LogP contribution in [-0.2, 0) is 6.54 Å². The lowest BCUT2D eigenvalue weighted by Crippen LogP contribution is -2.27. The summed E-state index contributed by atoms with van der Waals surface area (Å²) >= 11 is 0. The zero-order valence-electron chi connectivity index (χ0n) is 12.3. The molecule has 0 atom stereocenters. The van der Waals surface area contributed by atoms with Gasteiger partial charge >= 0.3 is 0 Å². The van der Waals surface area contributed by atoms with Crippen LogP contribution in [0.1, 0.15) is 29.9 Å². The van der Waals surface area contributed by atoms with Crippen LogP contribution >= 0.6 is 0 Å². The maximum absolute atomic E-state index is 12.1. The van der Waals surface area contributed by atoms with Crippen molar-refractivity contribution in [2.24, 2.45) is 0 Å². The Bertz CT molecular complexity index is 584. The van der Waals surface area contributed by atoms with E-state index in [0.29, 0.717) is 18.2 Å². The Morgan fingerprint density at radius 2 is 2.05 bits per heavy atom. The van der Waals surface area contributed by atoms with Crippen molar-refractivity contribution in [1.82, 2.24) is 20.3 Å². The fourth-order valence-corrected chi connectivity index (χ4v) is 1.91. The van der Waals surface area contributed by atoms with Crippen LogP contribution in [0.25, 0.3) is 0 Å². The minimum atomic E-state index is -0.213. The van der Waals surface area contributed by atoms with E-state index in [4.69, 9.17) is 0 Å². The van der Waals surface area contributed by atoms with E-state index in [1.807, 2.05) is 30.9 Å². The molecule has 0 aliphatic rings. The Kier molecular flexibility index (Phi) is 5.20. The summed E-state index contributed by atoms with van der Waals surface area (Å²) in [5.41, 5.74) is 1.32. The number of hydrogen-bond acceptors (Lipinski definition) is 5. The first-order valence-electron chi connectivity index (χ1n) is 6.99. The maximum atomic E-state index is 12.1. The lowest BCUT2D eigenvalue weighted by molar-refractivity contribution is 0.0946. The van der Waals surface area contributed by atoms with E-state index in [9.17, 15) is 4.79 Å². The monoisotopic (exact) mass is 285 g/mol. The first-order valence-corrected chi connectivity index (χ1v) is 6.99. The smallest absolute Gasteiger partial charge is 0.270 e. The van der Waals surface area contributed by atoms with Gasteiger partial charge in [0.05, 0.1) is 0 Å². The van der Waals surface area contributed by atoms with Crippen LogP contribution in [0.15, 0.2) is 36.8 Å². The van der Waals surface area contributed by atoms with Crippen LogP contribution in [0, 0.1) is 0 Å². The van der Waals surface area contributed by atoms with Crippen LogP contribution in [0.4, 0.5) is 5.95 Å². The lowest BCUT2D eigenvalue weighted by Gasteiger charge is -2.18. The fourth-order valence-electron chi connectivity index (χ4n) is 1.91. The highest BCUT2D eigenvalue weighted by molar-refractivity contribution is 5.92. The van der Waals surface area contributed by atoms with Crippen molar-refractivity contribution in [2.75, 3.05) is 18.0 Å². The predicted molar refractivity (Wildman–Crippen MR) is 81.0 cm³/mol. The van der Waals surface area contributed by atoms with Gasteiger partial charge in [-0.3, -0.25) is 9.78 Å². The molecule has 2 rings (SSSR count). The van der Waals surface area contributed by atoms with Crippen molar-refractivity contribution in [3.63, 3.8) is 0 Å². The van der Waals surface area contributed by atoms with Crippen molar-refractivity contribution in [1.29, 1.82) is 0 Å². The molecule has 0 spiro atoms. The molecule has 110 valence electrons. The minimum Gasteiger partial charge on any atom is -0.347 e. The molecule has 0 saturated heterocycles. The molecule has 6 heteroatoms. The Morgan fingerprint density at radius 1 is 1.24 bits per heavy atom. The molecule has 0 fully saturated rings. The molecule has 0 aromatic carbocycles. The second-order valence-corrected chi connectivity index (χ2v) is 4.46. The topological polar surface area (TPSA) is 71.0 Å². The number of pyridine rings is 1. The number of aromatic nitrogens is 3. The van der Waals surface area contributed by atoms with Gasteiger partial charge in [-0.2, -0.15) is 0 Å². The first-order chi connectivity index (χ1) is 10.2. The van der Waals surface area contributed by atoms with Gasteiger partial charge in [0, 0.05) is 38.2 Å². The van der Waals surface area contributed by atoms with Crippen molar-refractivity contribution in [2.45, 2.75) is 20.4 Å². The highest BCUT2D eigenvalue weighted by Crippen LogP contribution is 2.07. The Balaban J connectivity index is 2.04. The van der Waals surface area contributed by atoms with Crippen LogP contribution in [0.5, 0.6) is 0 Å². The van der Waals surface area contributed by atoms with Crippen molar-refractivity contribution < 1.29 is 4.79 Å². The first kappa shape index (κ1) is 14.9. The minimum absolute atomic E-state index is 0.213. The third kappa shape index (κ3) is 3.98. The van der Waals surface area contributed by atoms with Crippen molar-refractivity contribution in [3.8, 4) is 0 Å². The third-order valence-electron chi connectivity index (χ3n) is 3.10. The molecule has 0 radical (unpaired) electrons. The third-order valence-corrected chi connectivity index (χ3v) is 3.10. The highest BCUT2D eigenvalue weighted by atomic mass is 16.1. The zero-order valence-corrected chi connectivity index (χ0v) is 12.3. The van der Waals surface area contributed by atoms with Gasteiger partial charge in [0.1, 0.15) is 5.69 Å². The van der Waals surface area contributed by atoms with E-state index in [1.165, 1.54) is 0 Å². The summed E-state index contributed by atoms with van der Waals surface area (Å²) < 4.78 is 0. The van der Waals surface area contributed by atoms with Crippen LogP contribution in [0.3, 0.4) is 0 Å². The summed E-state index contributed by atoms with van der Waals surface area (Å²) in [5.74, 6) is 0.365. The molecule has 0 unspecified atom stereocenters. The summed E-state index contributed by atoms with van der Waals surface area (Å²) in [4.78, 5) is 26.7. The van der Waals surface area contributed by atoms with E-state index in [0.717, 1.165) is 18.7 Å². The maximum Gasteiger partial charge on any atom is 0.270 e. The largest absolute Gasteiger partial charge is 0.347 e. The molecule has 6 nitrogen and oxygen atoms in total.